The van der Waals surface area contributed by atoms with E-state index in [9.17, 15) is 0 Å². The number of benzene rings is 2. The van der Waals surface area contributed by atoms with Gasteiger partial charge in [0.1, 0.15) is 12.4 Å². The highest BCUT2D eigenvalue weighted by atomic mass is 32.1. The zero-order valence-corrected chi connectivity index (χ0v) is 15.8. The van der Waals surface area contributed by atoms with E-state index in [0.29, 0.717) is 23.2 Å². The molecule has 0 heterocycles. The Morgan fingerprint density at radius 3 is 2.36 bits per heavy atom. The molecule has 2 aromatic rings. The normalized spacial score (nSPS) is 11.4. The third-order valence-electron chi connectivity index (χ3n) is 3.54. The minimum absolute atomic E-state index is 0.0569. The predicted molar refractivity (Wildman–Crippen MR) is 105 cm³/mol. The number of rotatable bonds is 7. The lowest BCUT2D eigenvalue weighted by atomic mass is 10.2. The second-order valence-corrected chi connectivity index (χ2v) is 6.10. The second kappa shape index (κ2) is 9.13. The number of thiocarbonyl (C=S) groups is 1. The van der Waals surface area contributed by atoms with Gasteiger partial charge in [0.2, 0.25) is 0 Å². The van der Waals surface area contributed by atoms with Crippen LogP contribution in [0.25, 0.3) is 0 Å². The fraction of sp³-hybridized carbons (Fsp3) is 0.316. The smallest absolute Gasteiger partial charge is 0.171 e. The van der Waals surface area contributed by atoms with Crippen LogP contribution in [0.4, 0.5) is 5.69 Å². The molecule has 0 spiro atoms. The number of methoxy groups -OCH3 is 2. The minimum atomic E-state index is 0.0569. The van der Waals surface area contributed by atoms with E-state index >= 15 is 0 Å². The van der Waals surface area contributed by atoms with Crippen molar-refractivity contribution in [3.63, 3.8) is 0 Å². The topological polar surface area (TPSA) is 51.8 Å². The van der Waals surface area contributed by atoms with Crippen molar-refractivity contribution in [1.29, 1.82) is 0 Å². The van der Waals surface area contributed by atoms with E-state index in [1.54, 1.807) is 14.2 Å². The molecule has 0 saturated heterocycles. The van der Waals surface area contributed by atoms with Crippen molar-refractivity contribution < 1.29 is 14.2 Å². The average Bonchev–Trinajstić information content (AvgIpc) is 2.61. The largest absolute Gasteiger partial charge is 0.493 e. The van der Waals surface area contributed by atoms with Crippen LogP contribution in [-0.2, 0) is 0 Å². The molecule has 2 rings (SSSR count). The first kappa shape index (κ1) is 18.9. The van der Waals surface area contributed by atoms with Crippen LogP contribution in [0, 0.1) is 6.92 Å². The summed E-state index contributed by atoms with van der Waals surface area (Å²) in [5.41, 5.74) is 2.03. The van der Waals surface area contributed by atoms with Crippen LogP contribution < -0.4 is 24.8 Å². The van der Waals surface area contributed by atoms with Gasteiger partial charge in [0.25, 0.3) is 0 Å². The van der Waals surface area contributed by atoms with Gasteiger partial charge in [0, 0.05) is 11.8 Å². The Balaban J connectivity index is 1.83. The van der Waals surface area contributed by atoms with Crippen LogP contribution in [-0.4, -0.2) is 32.0 Å². The van der Waals surface area contributed by atoms with Crippen molar-refractivity contribution in [2.45, 2.75) is 19.9 Å². The van der Waals surface area contributed by atoms with Gasteiger partial charge >= 0.3 is 0 Å². The molecule has 0 fully saturated rings. The van der Waals surface area contributed by atoms with E-state index in [1.807, 2.05) is 56.3 Å². The van der Waals surface area contributed by atoms with Gasteiger partial charge in [-0.1, -0.05) is 17.7 Å². The van der Waals surface area contributed by atoms with E-state index < -0.39 is 0 Å². The standard InChI is InChI=1S/C19H24N2O3S/c1-13-5-8-16(9-6-13)24-12-14(2)20-19(25)21-15-7-10-17(22-3)18(11-15)23-4/h5-11,14H,12H2,1-4H3,(H2,20,21,25)/t14-/m1/s1. The minimum Gasteiger partial charge on any atom is -0.493 e. The Kier molecular flexibility index (Phi) is 6.89. The Bertz CT molecular complexity index is 704. The van der Waals surface area contributed by atoms with E-state index in [0.717, 1.165) is 11.4 Å². The predicted octanol–water partition coefficient (Wildman–Crippen LogP) is 3.77. The first-order valence-corrected chi connectivity index (χ1v) is 8.41. The van der Waals surface area contributed by atoms with Crippen LogP contribution in [0.15, 0.2) is 42.5 Å². The molecule has 0 saturated carbocycles. The van der Waals surface area contributed by atoms with Gasteiger partial charge in [-0.05, 0) is 50.3 Å². The molecule has 0 aliphatic rings. The third-order valence-corrected chi connectivity index (χ3v) is 3.76. The summed E-state index contributed by atoms with van der Waals surface area (Å²) < 4.78 is 16.3. The van der Waals surface area contributed by atoms with Crippen molar-refractivity contribution in [1.82, 2.24) is 5.32 Å². The summed E-state index contributed by atoms with van der Waals surface area (Å²) in [6.07, 6.45) is 0. The third kappa shape index (κ3) is 5.83. The molecule has 134 valence electrons. The van der Waals surface area contributed by atoms with Crippen molar-refractivity contribution in [2.75, 3.05) is 26.1 Å². The van der Waals surface area contributed by atoms with Crippen LogP contribution in [0.2, 0.25) is 0 Å². The highest BCUT2D eigenvalue weighted by Gasteiger charge is 2.08. The molecule has 5 nitrogen and oxygen atoms in total. The van der Waals surface area contributed by atoms with Gasteiger partial charge in [0.05, 0.1) is 20.3 Å². The van der Waals surface area contributed by atoms with Gasteiger partial charge < -0.3 is 24.8 Å². The summed E-state index contributed by atoms with van der Waals surface area (Å²) >= 11 is 5.35. The van der Waals surface area contributed by atoms with E-state index in [1.165, 1.54) is 5.56 Å². The Morgan fingerprint density at radius 1 is 1.04 bits per heavy atom. The molecule has 2 N–H and O–H groups in total. The van der Waals surface area contributed by atoms with E-state index in [-0.39, 0.29) is 6.04 Å². The summed E-state index contributed by atoms with van der Waals surface area (Å²) in [5.74, 6) is 2.16. The molecule has 2 aromatic carbocycles. The number of hydrogen-bond donors (Lipinski definition) is 2. The van der Waals surface area contributed by atoms with Crippen LogP contribution in [0.3, 0.4) is 0 Å². The first-order chi connectivity index (χ1) is 12.0. The first-order valence-electron chi connectivity index (χ1n) is 8.01. The Morgan fingerprint density at radius 2 is 1.72 bits per heavy atom. The average molecular weight is 360 g/mol. The van der Waals surface area contributed by atoms with E-state index in [4.69, 9.17) is 26.4 Å². The maximum atomic E-state index is 5.75. The lowest BCUT2D eigenvalue weighted by Gasteiger charge is -2.18. The summed E-state index contributed by atoms with van der Waals surface area (Å²) in [4.78, 5) is 0. The molecule has 0 amide bonds. The SMILES string of the molecule is COc1ccc(NC(=S)N[C@H](C)COc2ccc(C)cc2)cc1OC. The maximum Gasteiger partial charge on any atom is 0.171 e. The highest BCUT2D eigenvalue weighted by Crippen LogP contribution is 2.29. The molecule has 0 radical (unpaired) electrons. The Labute approximate surface area is 154 Å². The summed E-state index contributed by atoms with van der Waals surface area (Å²) in [5, 5.41) is 6.85. The fourth-order valence-corrected chi connectivity index (χ4v) is 2.52. The lowest BCUT2D eigenvalue weighted by molar-refractivity contribution is 0.287. The van der Waals surface area contributed by atoms with Crippen LogP contribution >= 0.6 is 12.2 Å². The number of nitrogens with one attached hydrogen (secondary N) is 2. The quantitative estimate of drug-likeness (QED) is 0.733. The molecule has 1 atom stereocenters. The van der Waals surface area contributed by atoms with Crippen molar-refractivity contribution >= 4 is 23.0 Å². The van der Waals surface area contributed by atoms with E-state index in [2.05, 4.69) is 10.6 Å². The van der Waals surface area contributed by atoms with Crippen molar-refractivity contribution in [3.8, 4) is 17.2 Å². The molecule has 0 aromatic heterocycles. The number of hydrogen-bond acceptors (Lipinski definition) is 4. The van der Waals surface area contributed by atoms with Gasteiger partial charge in [-0.25, -0.2) is 0 Å². The maximum absolute atomic E-state index is 5.75. The van der Waals surface area contributed by atoms with Gasteiger partial charge in [-0.15, -0.1) is 0 Å². The molecule has 0 aliphatic carbocycles. The summed E-state index contributed by atoms with van der Waals surface area (Å²) in [6, 6.07) is 13.6. The number of ether oxygens (including phenoxy) is 3. The van der Waals surface area contributed by atoms with Crippen molar-refractivity contribution in [2.24, 2.45) is 0 Å². The fourth-order valence-electron chi connectivity index (χ4n) is 2.20. The second-order valence-electron chi connectivity index (χ2n) is 5.69. The molecule has 0 bridgehead atoms. The van der Waals surface area contributed by atoms with Crippen LogP contribution in [0.5, 0.6) is 17.2 Å². The zero-order valence-electron chi connectivity index (χ0n) is 15.0. The van der Waals surface area contributed by atoms with Crippen LogP contribution in [0.1, 0.15) is 12.5 Å². The van der Waals surface area contributed by atoms with Gasteiger partial charge in [-0.3, -0.25) is 0 Å². The zero-order chi connectivity index (χ0) is 18.2. The molecule has 0 aliphatic heterocycles. The monoisotopic (exact) mass is 360 g/mol. The molecule has 0 unspecified atom stereocenters. The number of aryl methyl sites for hydroxylation is 1. The highest BCUT2D eigenvalue weighted by molar-refractivity contribution is 7.80. The van der Waals surface area contributed by atoms with Crippen molar-refractivity contribution in [3.05, 3.63) is 48.0 Å². The molecule has 25 heavy (non-hydrogen) atoms. The van der Waals surface area contributed by atoms with Gasteiger partial charge in [-0.2, -0.15) is 0 Å². The summed E-state index contributed by atoms with van der Waals surface area (Å²) in [7, 11) is 3.20. The molecular formula is C19H24N2O3S. The number of anilines is 1. The lowest BCUT2D eigenvalue weighted by Crippen LogP contribution is -2.39. The molecular weight excluding hydrogens is 336 g/mol. The summed E-state index contributed by atoms with van der Waals surface area (Å²) in [6.45, 7) is 4.57. The Hall–Kier alpha value is -2.47. The van der Waals surface area contributed by atoms with Gasteiger partial charge in [0.15, 0.2) is 16.6 Å². The molecule has 6 heteroatoms.